The van der Waals surface area contributed by atoms with Gasteiger partial charge >= 0.3 is 0 Å². The zero-order valence-electron chi connectivity index (χ0n) is 5.48. The summed E-state index contributed by atoms with van der Waals surface area (Å²) in [6.07, 6.45) is 0. The SMILES string of the molecule is Fc1ccc(SCCl)c(F)c1. The lowest BCUT2D eigenvalue weighted by molar-refractivity contribution is 0.566. The maximum absolute atomic E-state index is 12.7. The summed E-state index contributed by atoms with van der Waals surface area (Å²) in [5.74, 6) is -1.13. The zero-order chi connectivity index (χ0) is 8.27. The molecule has 0 unspecified atom stereocenters. The predicted molar refractivity (Wildman–Crippen MR) is 42.9 cm³/mol. The van der Waals surface area contributed by atoms with Gasteiger partial charge < -0.3 is 0 Å². The van der Waals surface area contributed by atoms with Crippen LogP contribution >= 0.6 is 23.4 Å². The molecule has 0 N–H and O–H groups in total. The smallest absolute Gasteiger partial charge is 0.139 e. The monoisotopic (exact) mass is 194 g/mol. The van der Waals surface area contributed by atoms with Gasteiger partial charge in [-0.15, -0.1) is 23.4 Å². The Morgan fingerprint density at radius 1 is 1.36 bits per heavy atom. The second kappa shape index (κ2) is 3.93. The van der Waals surface area contributed by atoms with E-state index in [0.29, 0.717) is 4.90 Å². The van der Waals surface area contributed by atoms with Gasteiger partial charge in [-0.25, -0.2) is 8.78 Å². The molecule has 0 spiro atoms. The number of thioether (sulfide) groups is 1. The normalized spacial score (nSPS) is 10.1. The molecule has 0 bridgehead atoms. The second-order valence-corrected chi connectivity index (χ2v) is 3.43. The van der Waals surface area contributed by atoms with Gasteiger partial charge in [-0.1, -0.05) is 0 Å². The predicted octanol–water partition coefficient (Wildman–Crippen LogP) is 3.25. The van der Waals surface area contributed by atoms with Crippen molar-refractivity contribution in [3.63, 3.8) is 0 Å². The molecular weight excluding hydrogens is 190 g/mol. The van der Waals surface area contributed by atoms with E-state index in [9.17, 15) is 8.78 Å². The standard InChI is InChI=1S/C7H5ClF2S/c8-4-11-7-2-1-5(9)3-6(7)10/h1-3H,4H2. The third-order valence-corrected chi connectivity index (χ3v) is 2.18. The van der Waals surface area contributed by atoms with Crippen LogP contribution < -0.4 is 0 Å². The van der Waals surface area contributed by atoms with E-state index >= 15 is 0 Å². The molecule has 4 heteroatoms. The average molecular weight is 195 g/mol. The third kappa shape index (κ3) is 2.34. The van der Waals surface area contributed by atoms with Crippen molar-refractivity contribution in [2.45, 2.75) is 4.90 Å². The fourth-order valence-electron chi connectivity index (χ4n) is 0.651. The van der Waals surface area contributed by atoms with Crippen LogP contribution in [0.2, 0.25) is 0 Å². The Morgan fingerprint density at radius 3 is 2.64 bits per heavy atom. The molecule has 0 nitrogen and oxygen atoms in total. The van der Waals surface area contributed by atoms with Gasteiger partial charge in [0.1, 0.15) is 11.6 Å². The lowest BCUT2D eigenvalue weighted by Crippen LogP contribution is -1.82. The van der Waals surface area contributed by atoms with Gasteiger partial charge in [-0.3, -0.25) is 0 Å². The van der Waals surface area contributed by atoms with E-state index in [1.165, 1.54) is 12.1 Å². The van der Waals surface area contributed by atoms with Crippen molar-refractivity contribution in [1.82, 2.24) is 0 Å². The van der Waals surface area contributed by atoms with E-state index in [0.717, 1.165) is 17.8 Å². The average Bonchev–Trinajstić information content (AvgIpc) is 1.95. The van der Waals surface area contributed by atoms with E-state index in [1.54, 1.807) is 0 Å². The van der Waals surface area contributed by atoms with Crippen molar-refractivity contribution < 1.29 is 8.78 Å². The molecule has 11 heavy (non-hydrogen) atoms. The molecule has 0 fully saturated rings. The van der Waals surface area contributed by atoms with Gasteiger partial charge in [0, 0.05) is 11.0 Å². The lowest BCUT2D eigenvalue weighted by Gasteiger charge is -1.98. The molecule has 1 aromatic carbocycles. The summed E-state index contributed by atoms with van der Waals surface area (Å²) >= 11 is 6.48. The van der Waals surface area contributed by atoms with E-state index < -0.39 is 11.6 Å². The molecule has 60 valence electrons. The maximum Gasteiger partial charge on any atom is 0.139 e. The molecule has 1 aromatic rings. The molecule has 0 aliphatic rings. The first-order valence-corrected chi connectivity index (χ1v) is 4.40. The van der Waals surface area contributed by atoms with Crippen LogP contribution in [-0.2, 0) is 0 Å². The number of hydrogen-bond donors (Lipinski definition) is 0. The summed E-state index contributed by atoms with van der Waals surface area (Å²) in [6.45, 7) is 0. The van der Waals surface area contributed by atoms with Gasteiger partial charge in [0.15, 0.2) is 0 Å². The van der Waals surface area contributed by atoms with E-state index in [4.69, 9.17) is 11.6 Å². The molecule has 0 atom stereocenters. The van der Waals surface area contributed by atoms with E-state index in [1.807, 2.05) is 0 Å². The van der Waals surface area contributed by atoms with Gasteiger partial charge in [-0.2, -0.15) is 0 Å². The molecule has 0 saturated carbocycles. The number of benzene rings is 1. The number of rotatable bonds is 2. The van der Waals surface area contributed by atoms with Crippen molar-refractivity contribution in [2.75, 3.05) is 5.21 Å². The Kier molecular flexibility index (Phi) is 3.15. The molecular formula is C7H5ClF2S. The van der Waals surface area contributed by atoms with Crippen LogP contribution in [0.4, 0.5) is 8.78 Å². The summed E-state index contributed by atoms with van der Waals surface area (Å²) in [5, 5.41) is 0.266. The fourth-order valence-corrected chi connectivity index (χ4v) is 1.48. The Labute approximate surface area is 72.6 Å². The van der Waals surface area contributed by atoms with Crippen molar-refractivity contribution >= 4 is 23.4 Å². The quantitative estimate of drug-likeness (QED) is 0.515. The van der Waals surface area contributed by atoms with Crippen LogP contribution in [0, 0.1) is 11.6 Å². The number of alkyl halides is 1. The van der Waals surface area contributed by atoms with Gasteiger partial charge in [-0.05, 0) is 12.1 Å². The molecule has 0 saturated heterocycles. The van der Waals surface area contributed by atoms with Crippen LogP contribution in [0.5, 0.6) is 0 Å². The number of halogens is 3. The minimum absolute atomic E-state index is 0.266. The van der Waals surface area contributed by atoms with Crippen LogP contribution in [0.25, 0.3) is 0 Å². The summed E-state index contributed by atoms with van der Waals surface area (Å²) in [4.78, 5) is 0.376. The molecule has 0 radical (unpaired) electrons. The highest BCUT2D eigenvalue weighted by Crippen LogP contribution is 2.22. The summed E-state index contributed by atoms with van der Waals surface area (Å²) < 4.78 is 25.0. The van der Waals surface area contributed by atoms with Gasteiger partial charge in [0.05, 0.1) is 5.21 Å². The summed E-state index contributed by atoms with van der Waals surface area (Å²) in [5.41, 5.74) is 0. The minimum atomic E-state index is -0.568. The molecule has 1 rings (SSSR count). The Hall–Kier alpha value is -0.280. The van der Waals surface area contributed by atoms with Crippen molar-refractivity contribution in [3.8, 4) is 0 Å². The van der Waals surface area contributed by atoms with Crippen LogP contribution in [0.3, 0.4) is 0 Å². The highest BCUT2D eigenvalue weighted by molar-refractivity contribution is 8.00. The van der Waals surface area contributed by atoms with Crippen LogP contribution in [0.15, 0.2) is 23.1 Å². The molecule has 0 aliphatic heterocycles. The lowest BCUT2D eigenvalue weighted by atomic mass is 10.3. The Balaban J connectivity index is 2.90. The van der Waals surface area contributed by atoms with Crippen LogP contribution in [0.1, 0.15) is 0 Å². The van der Waals surface area contributed by atoms with E-state index in [-0.39, 0.29) is 5.21 Å². The molecule has 0 aliphatic carbocycles. The first kappa shape index (κ1) is 8.81. The maximum atomic E-state index is 12.7. The highest BCUT2D eigenvalue weighted by Gasteiger charge is 2.02. The Morgan fingerprint density at radius 2 is 2.09 bits per heavy atom. The van der Waals surface area contributed by atoms with Crippen LogP contribution in [-0.4, -0.2) is 5.21 Å². The molecule has 0 amide bonds. The largest absolute Gasteiger partial charge is 0.207 e. The number of hydrogen-bond acceptors (Lipinski definition) is 1. The zero-order valence-corrected chi connectivity index (χ0v) is 7.05. The molecule has 0 aromatic heterocycles. The van der Waals surface area contributed by atoms with Crippen molar-refractivity contribution in [1.29, 1.82) is 0 Å². The summed E-state index contributed by atoms with van der Waals surface area (Å²) in [7, 11) is 0. The highest BCUT2D eigenvalue weighted by atomic mass is 35.5. The first-order chi connectivity index (χ1) is 5.24. The Bertz CT molecular complexity index is 252. The van der Waals surface area contributed by atoms with Crippen molar-refractivity contribution in [3.05, 3.63) is 29.8 Å². The van der Waals surface area contributed by atoms with Crippen molar-refractivity contribution in [2.24, 2.45) is 0 Å². The van der Waals surface area contributed by atoms with E-state index in [2.05, 4.69) is 0 Å². The third-order valence-electron chi connectivity index (χ3n) is 1.10. The molecule has 0 heterocycles. The van der Waals surface area contributed by atoms with Gasteiger partial charge in [0.2, 0.25) is 0 Å². The second-order valence-electron chi connectivity index (χ2n) is 1.83. The minimum Gasteiger partial charge on any atom is -0.207 e. The first-order valence-electron chi connectivity index (χ1n) is 2.88. The van der Waals surface area contributed by atoms with Gasteiger partial charge in [0.25, 0.3) is 0 Å². The summed E-state index contributed by atoms with van der Waals surface area (Å²) in [6, 6.07) is 3.42. The topological polar surface area (TPSA) is 0 Å². The fraction of sp³-hybridized carbons (Fsp3) is 0.143.